The van der Waals surface area contributed by atoms with Crippen LogP contribution in [-0.4, -0.2) is 18.9 Å². The SMILES string of the molecule is O=C(CCC1CCNC1)Cc1ccc(Cl)s1. The maximum absolute atomic E-state index is 11.7. The van der Waals surface area contributed by atoms with E-state index in [1.165, 1.54) is 17.8 Å². The average Bonchev–Trinajstić information content (AvgIpc) is 2.87. The van der Waals surface area contributed by atoms with Gasteiger partial charge >= 0.3 is 0 Å². The van der Waals surface area contributed by atoms with E-state index in [0.29, 0.717) is 24.5 Å². The highest BCUT2D eigenvalue weighted by Gasteiger charge is 2.16. The molecule has 88 valence electrons. The van der Waals surface area contributed by atoms with Gasteiger partial charge in [-0.05, 0) is 44.0 Å². The maximum Gasteiger partial charge on any atom is 0.138 e. The van der Waals surface area contributed by atoms with Gasteiger partial charge in [0.05, 0.1) is 4.34 Å². The van der Waals surface area contributed by atoms with Crippen molar-refractivity contribution in [3.05, 3.63) is 21.3 Å². The van der Waals surface area contributed by atoms with Crippen LogP contribution in [0, 0.1) is 5.92 Å². The summed E-state index contributed by atoms with van der Waals surface area (Å²) in [5, 5.41) is 3.32. The Balaban J connectivity index is 1.71. The zero-order valence-corrected chi connectivity index (χ0v) is 10.7. The van der Waals surface area contributed by atoms with Crippen molar-refractivity contribution in [2.24, 2.45) is 5.92 Å². The molecule has 1 aromatic rings. The molecule has 1 saturated heterocycles. The van der Waals surface area contributed by atoms with Crippen LogP contribution in [-0.2, 0) is 11.2 Å². The topological polar surface area (TPSA) is 29.1 Å². The number of rotatable bonds is 5. The number of Topliss-reactive ketones (excluding diaryl/α,β-unsaturated/α-hetero) is 1. The van der Waals surface area contributed by atoms with Gasteiger partial charge in [0.2, 0.25) is 0 Å². The molecule has 0 aliphatic carbocycles. The molecule has 1 atom stereocenters. The van der Waals surface area contributed by atoms with Gasteiger partial charge in [0.1, 0.15) is 5.78 Å². The first-order valence-corrected chi connectivity index (χ1v) is 6.90. The second kappa shape index (κ2) is 5.80. The molecule has 1 aliphatic rings. The maximum atomic E-state index is 11.7. The van der Waals surface area contributed by atoms with E-state index < -0.39 is 0 Å². The fourth-order valence-corrected chi connectivity index (χ4v) is 3.17. The summed E-state index contributed by atoms with van der Waals surface area (Å²) in [6.45, 7) is 2.19. The van der Waals surface area contributed by atoms with Gasteiger partial charge in [-0.25, -0.2) is 0 Å². The Morgan fingerprint density at radius 3 is 3.06 bits per heavy atom. The first kappa shape index (κ1) is 12.1. The molecule has 0 bridgehead atoms. The highest BCUT2D eigenvalue weighted by molar-refractivity contribution is 7.16. The summed E-state index contributed by atoms with van der Waals surface area (Å²) >= 11 is 7.33. The molecule has 1 aromatic heterocycles. The van der Waals surface area contributed by atoms with Crippen LogP contribution in [0.4, 0.5) is 0 Å². The lowest BCUT2D eigenvalue weighted by Gasteiger charge is -2.06. The summed E-state index contributed by atoms with van der Waals surface area (Å²) in [5.41, 5.74) is 0. The summed E-state index contributed by atoms with van der Waals surface area (Å²) in [4.78, 5) is 12.8. The number of thiophene rings is 1. The van der Waals surface area contributed by atoms with Crippen molar-refractivity contribution >= 4 is 28.7 Å². The third-order valence-electron chi connectivity index (χ3n) is 2.99. The van der Waals surface area contributed by atoms with Crippen molar-refractivity contribution in [3.8, 4) is 0 Å². The Morgan fingerprint density at radius 2 is 2.44 bits per heavy atom. The second-order valence-corrected chi connectivity index (χ2v) is 6.12. The predicted molar refractivity (Wildman–Crippen MR) is 68.3 cm³/mol. The van der Waals surface area contributed by atoms with Crippen molar-refractivity contribution in [2.75, 3.05) is 13.1 Å². The van der Waals surface area contributed by atoms with Crippen LogP contribution in [0.2, 0.25) is 4.34 Å². The number of hydrogen-bond acceptors (Lipinski definition) is 3. The number of ketones is 1. The van der Waals surface area contributed by atoms with Crippen molar-refractivity contribution < 1.29 is 4.79 Å². The van der Waals surface area contributed by atoms with Crippen LogP contribution in [0.5, 0.6) is 0 Å². The van der Waals surface area contributed by atoms with Crippen molar-refractivity contribution in [1.29, 1.82) is 0 Å². The molecule has 0 amide bonds. The zero-order valence-electron chi connectivity index (χ0n) is 9.17. The largest absolute Gasteiger partial charge is 0.316 e. The number of halogens is 1. The van der Waals surface area contributed by atoms with Crippen LogP contribution in [0.3, 0.4) is 0 Å². The van der Waals surface area contributed by atoms with Crippen molar-refractivity contribution in [2.45, 2.75) is 25.7 Å². The predicted octanol–water partition coefficient (Wildman–Crippen LogP) is 2.90. The fraction of sp³-hybridized carbons (Fsp3) is 0.583. The molecule has 4 heteroatoms. The molecule has 0 spiro atoms. The fourth-order valence-electron chi connectivity index (χ4n) is 2.06. The lowest BCUT2D eigenvalue weighted by atomic mass is 10.00. The summed E-state index contributed by atoms with van der Waals surface area (Å²) in [6, 6.07) is 3.80. The van der Waals surface area contributed by atoms with E-state index in [9.17, 15) is 4.79 Å². The van der Waals surface area contributed by atoms with Crippen molar-refractivity contribution in [3.63, 3.8) is 0 Å². The first-order chi connectivity index (χ1) is 7.74. The van der Waals surface area contributed by atoms with Gasteiger partial charge in [0.15, 0.2) is 0 Å². The van der Waals surface area contributed by atoms with E-state index in [2.05, 4.69) is 5.32 Å². The molecule has 1 aliphatic heterocycles. The second-order valence-electron chi connectivity index (χ2n) is 4.32. The third kappa shape index (κ3) is 3.58. The molecule has 2 heterocycles. The number of hydrogen-bond donors (Lipinski definition) is 1. The Hall–Kier alpha value is -0.380. The molecule has 1 N–H and O–H groups in total. The van der Waals surface area contributed by atoms with E-state index in [4.69, 9.17) is 11.6 Å². The summed E-state index contributed by atoms with van der Waals surface area (Å²) in [5.74, 6) is 1.04. The van der Waals surface area contributed by atoms with E-state index in [-0.39, 0.29) is 0 Å². The van der Waals surface area contributed by atoms with E-state index >= 15 is 0 Å². The molecule has 16 heavy (non-hydrogen) atoms. The summed E-state index contributed by atoms with van der Waals surface area (Å²) in [7, 11) is 0. The van der Waals surface area contributed by atoms with E-state index in [1.54, 1.807) is 0 Å². The highest BCUT2D eigenvalue weighted by atomic mass is 35.5. The number of nitrogens with one attached hydrogen (secondary N) is 1. The van der Waals surface area contributed by atoms with Gasteiger partial charge in [0, 0.05) is 17.7 Å². The Labute approximate surface area is 105 Å². The highest BCUT2D eigenvalue weighted by Crippen LogP contribution is 2.23. The minimum absolute atomic E-state index is 0.338. The van der Waals surface area contributed by atoms with Gasteiger partial charge in [0.25, 0.3) is 0 Å². The molecule has 0 saturated carbocycles. The Bertz CT molecular complexity index is 358. The van der Waals surface area contributed by atoms with Crippen LogP contribution in [0.1, 0.15) is 24.1 Å². The minimum atomic E-state index is 0.338. The quantitative estimate of drug-likeness (QED) is 0.879. The molecule has 2 nitrogen and oxygen atoms in total. The standard InChI is InChI=1S/C12H16ClNOS/c13-12-4-3-11(16-12)7-10(15)2-1-9-5-6-14-8-9/h3-4,9,14H,1-2,5-8H2. The van der Waals surface area contributed by atoms with Crippen LogP contribution < -0.4 is 5.32 Å². The number of carbonyl (C=O) groups excluding carboxylic acids is 1. The molecule has 2 rings (SSSR count). The summed E-state index contributed by atoms with van der Waals surface area (Å²) < 4.78 is 0.766. The Morgan fingerprint density at radius 1 is 1.56 bits per heavy atom. The molecule has 1 fully saturated rings. The van der Waals surface area contributed by atoms with Gasteiger partial charge in [-0.1, -0.05) is 11.6 Å². The lowest BCUT2D eigenvalue weighted by molar-refractivity contribution is -0.118. The Kier molecular flexibility index (Phi) is 4.38. The molecule has 0 aromatic carbocycles. The zero-order chi connectivity index (χ0) is 11.4. The normalized spacial score (nSPS) is 20.2. The van der Waals surface area contributed by atoms with E-state index in [1.807, 2.05) is 12.1 Å². The van der Waals surface area contributed by atoms with Gasteiger partial charge in [-0.15, -0.1) is 11.3 Å². The van der Waals surface area contributed by atoms with Crippen LogP contribution >= 0.6 is 22.9 Å². The third-order valence-corrected chi connectivity index (χ3v) is 4.23. The van der Waals surface area contributed by atoms with Crippen LogP contribution in [0.25, 0.3) is 0 Å². The monoisotopic (exact) mass is 257 g/mol. The molecule has 0 radical (unpaired) electrons. The van der Waals surface area contributed by atoms with Gasteiger partial charge in [-0.2, -0.15) is 0 Å². The lowest BCUT2D eigenvalue weighted by Crippen LogP contribution is -2.11. The first-order valence-electron chi connectivity index (χ1n) is 5.70. The molecular weight excluding hydrogens is 242 g/mol. The molecular formula is C12H16ClNOS. The number of carbonyl (C=O) groups is 1. The average molecular weight is 258 g/mol. The smallest absolute Gasteiger partial charge is 0.138 e. The summed E-state index contributed by atoms with van der Waals surface area (Å²) in [6.07, 6.45) is 3.52. The van der Waals surface area contributed by atoms with Gasteiger partial charge < -0.3 is 5.32 Å². The molecule has 1 unspecified atom stereocenters. The minimum Gasteiger partial charge on any atom is -0.316 e. The van der Waals surface area contributed by atoms with Crippen molar-refractivity contribution in [1.82, 2.24) is 5.32 Å². The van der Waals surface area contributed by atoms with Crippen LogP contribution in [0.15, 0.2) is 12.1 Å². The van der Waals surface area contributed by atoms with E-state index in [0.717, 1.165) is 28.7 Å². The van der Waals surface area contributed by atoms with Gasteiger partial charge in [-0.3, -0.25) is 4.79 Å².